The highest BCUT2D eigenvalue weighted by atomic mass is 16.5. The van der Waals surface area contributed by atoms with Gasteiger partial charge in [0.2, 0.25) is 0 Å². The predicted octanol–water partition coefficient (Wildman–Crippen LogP) is 1.83. The Hall–Kier alpha value is -2.41. The number of carbonyl (C=O) groups excluding carboxylic acids is 1. The van der Waals surface area contributed by atoms with Crippen molar-refractivity contribution in [3.63, 3.8) is 0 Å². The first-order valence-corrected chi connectivity index (χ1v) is 9.08. The van der Waals surface area contributed by atoms with E-state index in [1.165, 1.54) is 4.68 Å². The zero-order valence-corrected chi connectivity index (χ0v) is 15.2. The number of ether oxygens (including phenoxy) is 1. The smallest absolute Gasteiger partial charge is 0.267 e. The van der Waals surface area contributed by atoms with E-state index in [0.29, 0.717) is 37.6 Å². The molecule has 0 aromatic carbocycles. The highest BCUT2D eigenvalue weighted by Crippen LogP contribution is 2.24. The number of hydrogen-bond donors (Lipinski definition) is 0. The normalized spacial score (nSPS) is 19.6. The summed E-state index contributed by atoms with van der Waals surface area (Å²) >= 11 is 0. The predicted molar refractivity (Wildman–Crippen MR) is 94.1 cm³/mol. The number of carbonyl (C=O) groups is 1. The summed E-state index contributed by atoms with van der Waals surface area (Å²) in [5, 5.41) is 4.53. The van der Waals surface area contributed by atoms with Crippen LogP contribution in [0.15, 0.2) is 21.3 Å². The first-order valence-electron chi connectivity index (χ1n) is 9.08. The van der Waals surface area contributed by atoms with E-state index in [4.69, 9.17) is 9.15 Å². The van der Waals surface area contributed by atoms with Crippen LogP contribution < -0.4 is 5.56 Å². The fourth-order valence-electron chi connectivity index (χ4n) is 3.87. The minimum Gasteiger partial charge on any atom is -0.466 e. The van der Waals surface area contributed by atoms with Crippen molar-refractivity contribution in [3.05, 3.63) is 50.8 Å². The Morgan fingerprint density at radius 2 is 2.19 bits per heavy atom. The number of nitrogens with zero attached hydrogens (tertiary/aromatic N) is 3. The van der Waals surface area contributed by atoms with Crippen molar-refractivity contribution in [2.24, 2.45) is 0 Å². The molecule has 0 N–H and O–H groups in total. The van der Waals surface area contributed by atoms with Crippen LogP contribution in [-0.4, -0.2) is 39.8 Å². The second-order valence-electron chi connectivity index (χ2n) is 7.06. The Morgan fingerprint density at radius 1 is 1.35 bits per heavy atom. The lowest BCUT2D eigenvalue weighted by Crippen LogP contribution is -2.41. The lowest BCUT2D eigenvalue weighted by molar-refractivity contribution is 0.0717. The van der Waals surface area contributed by atoms with Crippen molar-refractivity contribution < 1.29 is 13.9 Å². The van der Waals surface area contributed by atoms with Crippen LogP contribution in [0.5, 0.6) is 0 Å². The molecular weight excluding hydrogens is 334 g/mol. The van der Waals surface area contributed by atoms with Crippen LogP contribution in [0.1, 0.15) is 46.0 Å². The molecule has 0 radical (unpaired) electrons. The molecule has 2 aliphatic rings. The third-order valence-electron chi connectivity index (χ3n) is 5.20. The summed E-state index contributed by atoms with van der Waals surface area (Å²) in [7, 11) is 0. The first kappa shape index (κ1) is 17.0. The largest absolute Gasteiger partial charge is 0.466 e. The summed E-state index contributed by atoms with van der Waals surface area (Å²) < 4.78 is 12.4. The van der Waals surface area contributed by atoms with Gasteiger partial charge in [-0.15, -0.1) is 0 Å². The molecule has 7 heteroatoms. The number of aryl methyl sites for hydroxylation is 2. The van der Waals surface area contributed by atoms with Crippen LogP contribution >= 0.6 is 0 Å². The van der Waals surface area contributed by atoms with Crippen LogP contribution in [0.2, 0.25) is 0 Å². The SMILES string of the molecule is Cc1cc(C(=O)N2CCCC2Cn2nc3c(cc2=O)COCC3)c(C)o1. The summed E-state index contributed by atoms with van der Waals surface area (Å²) in [4.78, 5) is 27.2. The third kappa shape index (κ3) is 3.07. The summed E-state index contributed by atoms with van der Waals surface area (Å²) in [5.41, 5.74) is 2.27. The molecule has 2 aromatic heterocycles. The van der Waals surface area contributed by atoms with E-state index < -0.39 is 0 Å². The summed E-state index contributed by atoms with van der Waals surface area (Å²) in [6.45, 7) is 5.85. The van der Waals surface area contributed by atoms with Gasteiger partial charge >= 0.3 is 0 Å². The maximum Gasteiger partial charge on any atom is 0.267 e. The standard InChI is InChI=1S/C19H23N3O4/c1-12-8-16(13(2)26-12)19(24)21-6-3-4-15(21)10-22-18(23)9-14-11-25-7-5-17(14)20-22/h8-9,15H,3-7,10-11H2,1-2H3. The number of fused-ring (bicyclic) bond motifs is 1. The van der Waals surface area contributed by atoms with Crippen LogP contribution in [0, 0.1) is 13.8 Å². The van der Waals surface area contributed by atoms with Crippen LogP contribution in [-0.2, 0) is 24.3 Å². The number of hydrogen-bond acceptors (Lipinski definition) is 5. The highest BCUT2D eigenvalue weighted by molar-refractivity contribution is 5.95. The Morgan fingerprint density at radius 3 is 2.96 bits per heavy atom. The molecule has 2 aliphatic heterocycles. The first-order chi connectivity index (χ1) is 12.5. The van der Waals surface area contributed by atoms with Crippen molar-refractivity contribution >= 4 is 5.91 Å². The monoisotopic (exact) mass is 357 g/mol. The maximum absolute atomic E-state index is 12.9. The van der Waals surface area contributed by atoms with Gasteiger partial charge in [0.1, 0.15) is 11.5 Å². The van der Waals surface area contributed by atoms with Gasteiger partial charge in [-0.3, -0.25) is 9.59 Å². The van der Waals surface area contributed by atoms with Gasteiger partial charge in [0.15, 0.2) is 0 Å². The van der Waals surface area contributed by atoms with Crippen LogP contribution in [0.3, 0.4) is 0 Å². The van der Waals surface area contributed by atoms with Gasteiger partial charge in [0.05, 0.1) is 37.1 Å². The number of likely N-dealkylation sites (tertiary alicyclic amines) is 1. The van der Waals surface area contributed by atoms with E-state index in [9.17, 15) is 9.59 Å². The van der Waals surface area contributed by atoms with Gasteiger partial charge in [0.25, 0.3) is 11.5 Å². The van der Waals surface area contributed by atoms with Gasteiger partial charge in [-0.05, 0) is 32.8 Å². The number of furan rings is 1. The van der Waals surface area contributed by atoms with Gasteiger partial charge < -0.3 is 14.1 Å². The Labute approximate surface area is 151 Å². The third-order valence-corrected chi connectivity index (χ3v) is 5.20. The summed E-state index contributed by atoms with van der Waals surface area (Å²) in [5.74, 6) is 1.35. The molecule has 26 heavy (non-hydrogen) atoms. The second kappa shape index (κ2) is 6.72. The molecule has 0 saturated carbocycles. The zero-order chi connectivity index (χ0) is 18.3. The van der Waals surface area contributed by atoms with E-state index in [2.05, 4.69) is 5.10 Å². The molecule has 0 spiro atoms. The molecule has 2 aromatic rings. The van der Waals surface area contributed by atoms with Gasteiger partial charge in [-0.25, -0.2) is 4.68 Å². The lowest BCUT2D eigenvalue weighted by Gasteiger charge is -2.25. The molecule has 4 rings (SSSR count). The van der Waals surface area contributed by atoms with Crippen molar-refractivity contribution in [2.75, 3.05) is 13.2 Å². The highest BCUT2D eigenvalue weighted by Gasteiger charge is 2.32. The summed E-state index contributed by atoms with van der Waals surface area (Å²) in [6.07, 6.45) is 2.52. The molecule has 1 amide bonds. The molecule has 138 valence electrons. The molecule has 1 saturated heterocycles. The average Bonchev–Trinajstić information content (AvgIpc) is 3.21. The maximum atomic E-state index is 12.9. The fraction of sp³-hybridized carbons (Fsp3) is 0.526. The van der Waals surface area contributed by atoms with Gasteiger partial charge in [-0.2, -0.15) is 5.10 Å². The summed E-state index contributed by atoms with van der Waals surface area (Å²) in [6, 6.07) is 3.38. The molecule has 7 nitrogen and oxygen atoms in total. The van der Waals surface area contributed by atoms with Gasteiger partial charge in [-0.1, -0.05) is 0 Å². The van der Waals surface area contributed by atoms with Gasteiger partial charge in [0, 0.05) is 24.6 Å². The van der Waals surface area contributed by atoms with E-state index >= 15 is 0 Å². The van der Waals surface area contributed by atoms with Crippen molar-refractivity contribution in [3.8, 4) is 0 Å². The van der Waals surface area contributed by atoms with E-state index in [-0.39, 0.29) is 17.5 Å². The average molecular weight is 357 g/mol. The van der Waals surface area contributed by atoms with E-state index in [0.717, 1.165) is 36.3 Å². The lowest BCUT2D eigenvalue weighted by atomic mass is 10.1. The fourth-order valence-corrected chi connectivity index (χ4v) is 3.87. The molecule has 1 atom stereocenters. The zero-order valence-electron chi connectivity index (χ0n) is 15.2. The van der Waals surface area contributed by atoms with Crippen LogP contribution in [0.25, 0.3) is 0 Å². The van der Waals surface area contributed by atoms with E-state index in [1.54, 1.807) is 12.1 Å². The van der Waals surface area contributed by atoms with Crippen LogP contribution in [0.4, 0.5) is 0 Å². The van der Waals surface area contributed by atoms with Crippen molar-refractivity contribution in [1.29, 1.82) is 0 Å². The van der Waals surface area contributed by atoms with Crippen molar-refractivity contribution in [1.82, 2.24) is 14.7 Å². The second-order valence-corrected chi connectivity index (χ2v) is 7.06. The van der Waals surface area contributed by atoms with E-state index in [1.807, 2.05) is 18.7 Å². The molecule has 0 bridgehead atoms. The Kier molecular flexibility index (Phi) is 4.40. The topological polar surface area (TPSA) is 77.6 Å². The quantitative estimate of drug-likeness (QED) is 0.837. The number of rotatable bonds is 3. The minimum absolute atomic E-state index is 0.0266. The molecule has 4 heterocycles. The minimum atomic E-state index is -0.135. The molecular formula is C19H23N3O4. The van der Waals surface area contributed by atoms with Crippen molar-refractivity contribution in [2.45, 2.75) is 52.3 Å². The number of amides is 1. The number of aromatic nitrogens is 2. The molecule has 1 unspecified atom stereocenters. The Bertz CT molecular complexity index is 899. The molecule has 0 aliphatic carbocycles. The Balaban J connectivity index is 1.57. The molecule has 1 fully saturated rings.